The van der Waals surface area contributed by atoms with Gasteiger partial charge in [0.25, 0.3) is 0 Å². The quantitative estimate of drug-likeness (QED) is 0.116. The molecule has 6 amide bonds. The number of hydrogen-bond donors (Lipinski definition) is 4. The first kappa shape index (κ1) is 52.0. The molecule has 6 aliphatic rings. The number of rotatable bonds is 12. The Bertz CT molecular complexity index is 2930. The highest BCUT2D eigenvalue weighted by atomic mass is 16.5. The summed E-state index contributed by atoms with van der Waals surface area (Å²) in [7, 11) is 3.82. The number of amides is 6. The molecule has 2 aliphatic carbocycles. The van der Waals surface area contributed by atoms with E-state index in [1.54, 1.807) is 15.9 Å². The number of likely N-dealkylation sites (N-methyl/N-ethyl adjacent to an activating group) is 2. The molecule has 4 aromatic rings. The van der Waals surface area contributed by atoms with Gasteiger partial charge in [-0.1, -0.05) is 0 Å². The minimum absolute atomic E-state index is 0.0190. The number of aldehydes is 1. The van der Waals surface area contributed by atoms with Gasteiger partial charge < -0.3 is 29.5 Å². The van der Waals surface area contributed by atoms with Crippen molar-refractivity contribution in [2.75, 3.05) is 86.9 Å². The van der Waals surface area contributed by atoms with Crippen LogP contribution in [-0.2, 0) is 35.5 Å². The summed E-state index contributed by atoms with van der Waals surface area (Å²) in [4.78, 5) is 91.6. The van der Waals surface area contributed by atoms with Crippen molar-refractivity contribution in [2.24, 2.45) is 0 Å². The van der Waals surface area contributed by atoms with E-state index in [0.29, 0.717) is 117 Å². The second-order valence-corrected chi connectivity index (χ2v) is 19.7. The third kappa shape index (κ3) is 12.8. The van der Waals surface area contributed by atoms with Crippen LogP contribution in [-0.4, -0.2) is 159 Å². The van der Waals surface area contributed by atoms with E-state index in [1.807, 2.05) is 36.0 Å². The minimum atomic E-state index is -1.87. The molecule has 4 N–H and O–H groups in total. The van der Waals surface area contributed by atoms with Crippen molar-refractivity contribution in [1.29, 1.82) is 10.5 Å². The third-order valence-electron chi connectivity index (χ3n) is 13.6. The molecule has 0 unspecified atom stereocenters. The second kappa shape index (κ2) is 23.2. The number of hydrogen-bond acceptors (Lipinski definition) is 17. The molecule has 2 saturated heterocycles. The molecule has 23 nitrogen and oxygen atoms in total. The molecule has 2 saturated carbocycles. The summed E-state index contributed by atoms with van der Waals surface area (Å²) in [6.45, 7) is 4.84. The zero-order valence-corrected chi connectivity index (χ0v) is 42.0. The van der Waals surface area contributed by atoms with Crippen LogP contribution in [0.1, 0.15) is 107 Å². The van der Waals surface area contributed by atoms with Crippen LogP contribution in [0.2, 0.25) is 0 Å². The van der Waals surface area contributed by atoms with Gasteiger partial charge in [0.2, 0.25) is 11.8 Å². The van der Waals surface area contributed by atoms with Gasteiger partial charge >= 0.3 is 12.1 Å². The lowest BCUT2D eigenvalue weighted by atomic mass is 10.0. The zero-order valence-electron chi connectivity index (χ0n) is 42.0. The Morgan fingerprint density at radius 2 is 1.16 bits per heavy atom. The van der Waals surface area contributed by atoms with Crippen LogP contribution < -0.4 is 29.9 Å². The lowest BCUT2D eigenvalue weighted by Crippen LogP contribution is -2.40. The molecule has 10 rings (SSSR count). The molecule has 392 valence electrons. The molecule has 0 radical (unpaired) electrons. The molecule has 0 aromatic carbocycles. The summed E-state index contributed by atoms with van der Waals surface area (Å²) in [6, 6.07) is 10.0. The Balaban J connectivity index is 0.000000184. The van der Waals surface area contributed by atoms with Crippen molar-refractivity contribution in [3.05, 3.63) is 81.4 Å². The summed E-state index contributed by atoms with van der Waals surface area (Å²) in [5.41, 5.74) is 3.73. The number of aliphatic hydroxyl groups is 2. The first-order valence-electron chi connectivity index (χ1n) is 25.4. The first-order valence-corrected chi connectivity index (χ1v) is 25.4. The number of fused-ring (bicyclic) bond motifs is 2. The average molecular weight is 1030 g/mol. The largest absolute Gasteiger partial charge is 0.489 e. The average Bonchev–Trinajstić information content (AvgIpc) is 4.35. The molecular weight excluding hydrogens is 965 g/mol. The van der Waals surface area contributed by atoms with Crippen molar-refractivity contribution < 1.29 is 43.7 Å². The molecule has 0 atom stereocenters. The highest BCUT2D eigenvalue weighted by molar-refractivity contribution is 6.02. The number of aryl methyl sites for hydroxylation is 2. The summed E-state index contributed by atoms with van der Waals surface area (Å²) < 4.78 is 11.6. The zero-order chi connectivity index (χ0) is 52.8. The van der Waals surface area contributed by atoms with Crippen LogP contribution in [0, 0.1) is 22.7 Å². The lowest BCUT2D eigenvalue weighted by Gasteiger charge is -2.30. The van der Waals surface area contributed by atoms with Crippen molar-refractivity contribution in [1.82, 2.24) is 39.5 Å². The topological polar surface area (TPSA) is 287 Å². The van der Waals surface area contributed by atoms with E-state index in [-0.39, 0.29) is 53.6 Å². The third-order valence-corrected chi connectivity index (χ3v) is 13.6. The maximum atomic E-state index is 13.3. The molecule has 75 heavy (non-hydrogen) atoms. The van der Waals surface area contributed by atoms with Crippen LogP contribution in [0.3, 0.4) is 0 Å². The van der Waals surface area contributed by atoms with Gasteiger partial charge in [0.1, 0.15) is 69.4 Å². The number of carbonyl (C=O) groups excluding carboxylic acids is 5. The fourth-order valence-corrected chi connectivity index (χ4v) is 9.43. The van der Waals surface area contributed by atoms with Gasteiger partial charge in [-0.3, -0.25) is 44.6 Å². The normalized spacial score (nSPS) is 18.1. The standard InChI is InChI=1S/C26H31N7O5.C26H29N7O4/c1-31-7-3-8-32(22(34)15-31)14-17-10-16-4-2-9-33(24(16)30-23(17)25(35)36)26(37)29-21-11-20(38-19-5-6-19)18(12-27)13-28-21;1-31-7-3-8-32(24(35)15-31)14-18-10-17-4-2-9-33(25(17)29-21(18)16-34)26(36)30-23-11-22(37-20-5-6-20)19(12-27)13-28-23/h10-11,13,19,25,35-36H,2-9,14-15H2,1H3,(H,28,29,37);10-11,13,16,20H,2-9,14-15H2,1H3,(H,28,30,36). The first-order chi connectivity index (χ1) is 36.3. The van der Waals surface area contributed by atoms with Gasteiger partial charge in [0.15, 0.2) is 12.6 Å². The molecule has 0 spiro atoms. The molecule has 4 fully saturated rings. The second-order valence-electron chi connectivity index (χ2n) is 19.7. The van der Waals surface area contributed by atoms with Crippen LogP contribution in [0.5, 0.6) is 11.5 Å². The van der Waals surface area contributed by atoms with Crippen molar-refractivity contribution >= 4 is 53.4 Å². The van der Waals surface area contributed by atoms with Gasteiger partial charge in [0, 0.05) is 70.1 Å². The molecular formula is C52H60N14O9. The number of carbonyl (C=O) groups is 5. The number of aliphatic hydroxyl groups excluding tert-OH is 1. The highest BCUT2D eigenvalue weighted by Gasteiger charge is 2.32. The lowest BCUT2D eigenvalue weighted by molar-refractivity contribution is -0.132. The predicted molar refractivity (Wildman–Crippen MR) is 271 cm³/mol. The van der Waals surface area contributed by atoms with E-state index in [2.05, 4.69) is 42.7 Å². The number of nitrogens with one attached hydrogen (secondary N) is 2. The number of ether oxygens (including phenoxy) is 2. The van der Waals surface area contributed by atoms with E-state index in [9.17, 15) is 44.7 Å². The maximum absolute atomic E-state index is 13.3. The number of urea groups is 2. The van der Waals surface area contributed by atoms with E-state index in [1.165, 1.54) is 28.3 Å². The van der Waals surface area contributed by atoms with Crippen LogP contribution >= 0.6 is 0 Å². The molecule has 4 aromatic heterocycles. The molecule has 23 heteroatoms. The number of pyridine rings is 4. The van der Waals surface area contributed by atoms with Crippen molar-refractivity contribution in [2.45, 2.75) is 95.8 Å². The van der Waals surface area contributed by atoms with Gasteiger partial charge in [0.05, 0.1) is 37.7 Å². The predicted octanol–water partition coefficient (Wildman–Crippen LogP) is 3.87. The van der Waals surface area contributed by atoms with E-state index < -0.39 is 18.4 Å². The monoisotopic (exact) mass is 1020 g/mol. The number of nitrogens with zero attached hydrogens (tertiary/aromatic N) is 12. The molecule has 0 bridgehead atoms. The Morgan fingerprint density at radius 1 is 0.693 bits per heavy atom. The van der Waals surface area contributed by atoms with Gasteiger partial charge in [-0.15, -0.1) is 0 Å². The van der Waals surface area contributed by atoms with Crippen LogP contribution in [0.25, 0.3) is 0 Å². The van der Waals surface area contributed by atoms with E-state index >= 15 is 0 Å². The fraction of sp³-hybridized carbons (Fsp3) is 0.481. The summed E-state index contributed by atoms with van der Waals surface area (Å²) in [6.07, 6.45) is 9.94. The summed E-state index contributed by atoms with van der Waals surface area (Å²) >= 11 is 0. The Kier molecular flexibility index (Phi) is 16.1. The van der Waals surface area contributed by atoms with Gasteiger partial charge in [-0.25, -0.2) is 29.5 Å². The summed E-state index contributed by atoms with van der Waals surface area (Å²) in [5.74, 6) is 2.04. The number of aromatic nitrogens is 4. The Hall–Kier alpha value is -7.83. The van der Waals surface area contributed by atoms with Gasteiger partial charge in [-0.2, -0.15) is 10.5 Å². The van der Waals surface area contributed by atoms with E-state index in [0.717, 1.165) is 69.2 Å². The fourth-order valence-electron chi connectivity index (χ4n) is 9.43. The number of anilines is 4. The van der Waals surface area contributed by atoms with Crippen LogP contribution in [0.15, 0.2) is 36.7 Å². The SMILES string of the molecule is CN1CCCN(Cc2cc3c(nc2C(O)O)N(C(=O)Nc2cc(OC4CC4)c(C#N)cn2)CCC3)C(=O)C1.CN1CCCN(Cc2cc3c(nc2C=O)N(C(=O)Nc2cc(OC4CC4)c(C#N)cn2)CCC3)C(=O)C1. The smallest absolute Gasteiger partial charge is 0.328 e. The number of nitriles is 2. The van der Waals surface area contributed by atoms with E-state index in [4.69, 9.17) is 9.47 Å². The maximum Gasteiger partial charge on any atom is 0.328 e. The summed E-state index contributed by atoms with van der Waals surface area (Å²) in [5, 5.41) is 44.4. The van der Waals surface area contributed by atoms with Crippen molar-refractivity contribution in [3.63, 3.8) is 0 Å². The molecule has 8 heterocycles. The highest BCUT2D eigenvalue weighted by Crippen LogP contribution is 2.35. The van der Waals surface area contributed by atoms with Crippen LogP contribution in [0.4, 0.5) is 32.9 Å². The molecule has 4 aliphatic heterocycles. The Labute approximate surface area is 433 Å². The van der Waals surface area contributed by atoms with Crippen molar-refractivity contribution in [3.8, 4) is 23.6 Å². The minimum Gasteiger partial charge on any atom is -0.489 e. The Morgan fingerprint density at radius 3 is 1.61 bits per heavy atom. The van der Waals surface area contributed by atoms with Gasteiger partial charge in [-0.05, 0) is 107 Å².